The smallest absolute Gasteiger partial charge is 0.124 e. The molecule has 3 nitrogen and oxygen atoms in total. The number of hydrogen-bond donors (Lipinski definition) is 2. The zero-order chi connectivity index (χ0) is 12.1. The van der Waals surface area contributed by atoms with E-state index in [2.05, 4.69) is 15.9 Å². The van der Waals surface area contributed by atoms with Crippen molar-refractivity contribution in [2.75, 3.05) is 12.4 Å². The van der Waals surface area contributed by atoms with E-state index in [9.17, 15) is 10.2 Å². The molecule has 0 aliphatic carbocycles. The Balaban J connectivity index is 2.96. The van der Waals surface area contributed by atoms with E-state index in [1.54, 1.807) is 18.2 Å². The van der Waals surface area contributed by atoms with Crippen LogP contribution in [0.1, 0.15) is 18.1 Å². The predicted molar refractivity (Wildman–Crippen MR) is 67.4 cm³/mol. The minimum absolute atomic E-state index is 0.455. The fourth-order valence-electron chi connectivity index (χ4n) is 1.41. The van der Waals surface area contributed by atoms with E-state index < -0.39 is 12.2 Å². The van der Waals surface area contributed by atoms with Crippen molar-refractivity contribution in [2.45, 2.75) is 18.6 Å². The van der Waals surface area contributed by atoms with Crippen molar-refractivity contribution in [3.63, 3.8) is 0 Å². The van der Waals surface area contributed by atoms with Crippen LogP contribution in [0.5, 0.6) is 5.75 Å². The number of methoxy groups -OCH3 is 1. The van der Waals surface area contributed by atoms with Crippen molar-refractivity contribution in [1.82, 2.24) is 0 Å². The molecule has 16 heavy (non-hydrogen) atoms. The van der Waals surface area contributed by atoms with Crippen LogP contribution in [0.2, 0.25) is 5.02 Å². The molecule has 0 fully saturated rings. The van der Waals surface area contributed by atoms with Gasteiger partial charge < -0.3 is 14.9 Å². The standard InChI is InChI=1S/C11H14BrClO3/c1-16-10-3-2-7(13)6-8(10)11(15)9(14)4-5-12/h2-3,6,9,11,14-15H,4-5H2,1H3. The highest BCUT2D eigenvalue weighted by Crippen LogP contribution is 2.30. The lowest BCUT2D eigenvalue weighted by Gasteiger charge is -2.19. The molecule has 1 aromatic carbocycles. The Morgan fingerprint density at radius 3 is 2.69 bits per heavy atom. The van der Waals surface area contributed by atoms with E-state index in [4.69, 9.17) is 16.3 Å². The lowest BCUT2D eigenvalue weighted by Crippen LogP contribution is -2.19. The largest absolute Gasteiger partial charge is 0.496 e. The Kier molecular flexibility index (Phi) is 5.55. The average molecular weight is 310 g/mol. The zero-order valence-corrected chi connectivity index (χ0v) is 11.2. The summed E-state index contributed by atoms with van der Waals surface area (Å²) in [5.41, 5.74) is 0.503. The van der Waals surface area contributed by atoms with Crippen molar-refractivity contribution < 1.29 is 14.9 Å². The van der Waals surface area contributed by atoms with E-state index in [1.165, 1.54) is 7.11 Å². The van der Waals surface area contributed by atoms with Gasteiger partial charge >= 0.3 is 0 Å². The topological polar surface area (TPSA) is 49.7 Å². The normalized spacial score (nSPS) is 14.6. The molecule has 0 bridgehead atoms. The first kappa shape index (κ1) is 13.8. The van der Waals surface area contributed by atoms with Crippen molar-refractivity contribution in [2.24, 2.45) is 0 Å². The molecule has 1 aromatic rings. The summed E-state index contributed by atoms with van der Waals surface area (Å²) in [6.07, 6.45) is -1.38. The molecule has 2 atom stereocenters. The Morgan fingerprint density at radius 2 is 2.12 bits per heavy atom. The van der Waals surface area contributed by atoms with Crippen LogP contribution in [-0.4, -0.2) is 28.8 Å². The molecule has 1 rings (SSSR count). The van der Waals surface area contributed by atoms with Crippen LogP contribution >= 0.6 is 27.5 Å². The van der Waals surface area contributed by atoms with Gasteiger partial charge in [-0.05, 0) is 24.6 Å². The number of aliphatic hydroxyl groups is 2. The maximum atomic E-state index is 9.95. The second kappa shape index (κ2) is 6.45. The first-order valence-electron chi connectivity index (χ1n) is 4.85. The van der Waals surface area contributed by atoms with Crippen LogP contribution in [-0.2, 0) is 0 Å². The van der Waals surface area contributed by atoms with Crippen LogP contribution in [0.25, 0.3) is 0 Å². The van der Waals surface area contributed by atoms with E-state index in [0.717, 1.165) is 0 Å². The second-order valence-electron chi connectivity index (χ2n) is 3.38. The predicted octanol–water partition coefficient (Wildman–Crippen LogP) is 2.53. The van der Waals surface area contributed by atoms with Crippen LogP contribution < -0.4 is 4.74 Å². The molecule has 0 aliphatic heterocycles. The third kappa shape index (κ3) is 3.35. The number of ether oxygens (including phenoxy) is 1. The molecule has 2 N–H and O–H groups in total. The first-order chi connectivity index (χ1) is 7.60. The van der Waals surface area contributed by atoms with Crippen LogP contribution in [0.4, 0.5) is 0 Å². The molecular formula is C11H14BrClO3. The maximum absolute atomic E-state index is 9.95. The molecular weight excluding hydrogens is 295 g/mol. The molecule has 90 valence electrons. The molecule has 0 amide bonds. The van der Waals surface area contributed by atoms with Gasteiger partial charge in [0, 0.05) is 15.9 Å². The fraction of sp³-hybridized carbons (Fsp3) is 0.455. The number of alkyl halides is 1. The van der Waals surface area contributed by atoms with Gasteiger partial charge in [0.15, 0.2) is 0 Å². The lowest BCUT2D eigenvalue weighted by atomic mass is 10.0. The van der Waals surface area contributed by atoms with Gasteiger partial charge in [-0.1, -0.05) is 27.5 Å². The third-order valence-electron chi connectivity index (χ3n) is 2.28. The molecule has 0 saturated carbocycles. The van der Waals surface area contributed by atoms with Crippen LogP contribution in [0, 0.1) is 0 Å². The molecule has 0 aliphatic rings. The summed E-state index contributed by atoms with van der Waals surface area (Å²) in [5.74, 6) is 0.519. The maximum Gasteiger partial charge on any atom is 0.124 e. The second-order valence-corrected chi connectivity index (χ2v) is 4.61. The quantitative estimate of drug-likeness (QED) is 0.822. The lowest BCUT2D eigenvalue weighted by molar-refractivity contribution is 0.0160. The summed E-state index contributed by atoms with van der Waals surface area (Å²) in [7, 11) is 1.51. The van der Waals surface area contributed by atoms with Gasteiger partial charge in [0.25, 0.3) is 0 Å². The molecule has 0 saturated heterocycles. The van der Waals surface area contributed by atoms with E-state index in [-0.39, 0.29) is 0 Å². The Morgan fingerprint density at radius 1 is 1.44 bits per heavy atom. The highest BCUT2D eigenvalue weighted by Gasteiger charge is 2.21. The summed E-state index contributed by atoms with van der Waals surface area (Å²) < 4.78 is 5.11. The fourth-order valence-corrected chi connectivity index (χ4v) is 2.06. The van der Waals surface area contributed by atoms with Crippen molar-refractivity contribution in [3.05, 3.63) is 28.8 Å². The van der Waals surface area contributed by atoms with Gasteiger partial charge in [-0.25, -0.2) is 0 Å². The molecule has 0 spiro atoms. The average Bonchev–Trinajstić information content (AvgIpc) is 2.28. The number of rotatable bonds is 5. The Hall–Kier alpha value is -0.290. The Bertz CT molecular complexity index is 346. The monoisotopic (exact) mass is 308 g/mol. The number of benzene rings is 1. The summed E-state index contributed by atoms with van der Waals surface area (Å²) in [6.45, 7) is 0. The minimum atomic E-state index is -0.994. The van der Waals surface area contributed by atoms with E-state index in [1.807, 2.05) is 0 Å². The molecule has 5 heteroatoms. The van der Waals surface area contributed by atoms with Gasteiger partial charge in [0.1, 0.15) is 11.9 Å². The highest BCUT2D eigenvalue weighted by atomic mass is 79.9. The first-order valence-corrected chi connectivity index (χ1v) is 6.35. The van der Waals surface area contributed by atoms with E-state index >= 15 is 0 Å². The van der Waals surface area contributed by atoms with Gasteiger partial charge in [0.2, 0.25) is 0 Å². The molecule has 0 heterocycles. The summed E-state index contributed by atoms with van der Waals surface area (Å²) in [5, 5.41) is 20.8. The van der Waals surface area contributed by atoms with Crippen LogP contribution in [0.3, 0.4) is 0 Å². The molecule has 0 radical (unpaired) electrons. The summed E-state index contributed by atoms with van der Waals surface area (Å²) >= 11 is 9.05. The zero-order valence-electron chi connectivity index (χ0n) is 8.86. The van der Waals surface area contributed by atoms with E-state index in [0.29, 0.717) is 28.1 Å². The molecule has 2 unspecified atom stereocenters. The Labute approximate surface area is 108 Å². The number of aliphatic hydroxyl groups excluding tert-OH is 2. The highest BCUT2D eigenvalue weighted by molar-refractivity contribution is 9.09. The number of halogens is 2. The van der Waals surface area contributed by atoms with Gasteiger partial charge in [-0.2, -0.15) is 0 Å². The summed E-state index contributed by atoms with van der Waals surface area (Å²) in [6, 6.07) is 4.94. The summed E-state index contributed by atoms with van der Waals surface area (Å²) in [4.78, 5) is 0. The van der Waals surface area contributed by atoms with Gasteiger partial charge in [-0.15, -0.1) is 0 Å². The van der Waals surface area contributed by atoms with Crippen molar-refractivity contribution in [1.29, 1.82) is 0 Å². The van der Waals surface area contributed by atoms with Crippen molar-refractivity contribution >= 4 is 27.5 Å². The van der Waals surface area contributed by atoms with Crippen LogP contribution in [0.15, 0.2) is 18.2 Å². The number of hydrogen-bond acceptors (Lipinski definition) is 3. The molecule has 0 aromatic heterocycles. The van der Waals surface area contributed by atoms with Gasteiger partial charge in [0.05, 0.1) is 13.2 Å². The van der Waals surface area contributed by atoms with Gasteiger partial charge in [-0.3, -0.25) is 0 Å². The SMILES string of the molecule is COc1ccc(Cl)cc1C(O)C(O)CCBr. The van der Waals surface area contributed by atoms with Crippen molar-refractivity contribution in [3.8, 4) is 5.75 Å². The third-order valence-corrected chi connectivity index (χ3v) is 2.97. The minimum Gasteiger partial charge on any atom is -0.496 e.